The molecule has 3 aromatic heterocycles. The Bertz CT molecular complexity index is 3870. The average Bonchev–Trinajstić information content (AvgIpc) is 3.38. The van der Waals surface area contributed by atoms with Gasteiger partial charge in [0.15, 0.2) is 0 Å². The number of ether oxygens (including phenoxy) is 4. The number of thiocarbonyl (C=S) groups is 4. The summed E-state index contributed by atoms with van der Waals surface area (Å²) in [5.74, 6) is -3.49. The van der Waals surface area contributed by atoms with Gasteiger partial charge in [-0.15, -0.1) is 34.0 Å². The normalized spacial score (nSPS) is 15.2. The van der Waals surface area contributed by atoms with E-state index >= 15 is 19.2 Å². The van der Waals surface area contributed by atoms with E-state index in [1.807, 2.05) is 182 Å². The summed E-state index contributed by atoms with van der Waals surface area (Å²) in [6.45, 7) is -0.628. The number of hydrogen-bond acceptors (Lipinski definition) is 15. The maximum atomic E-state index is 15.8. The van der Waals surface area contributed by atoms with E-state index in [1.165, 1.54) is 34.0 Å². The van der Waals surface area contributed by atoms with Gasteiger partial charge in [0.05, 0.1) is 38.3 Å². The first-order chi connectivity index (χ1) is 39.5. The van der Waals surface area contributed by atoms with Gasteiger partial charge in [0.25, 0.3) is 0 Å². The topological polar surface area (TPSA) is 105 Å². The fraction of sp³-hybridized carbons (Fsp3) is 0.0909. The molecular weight excluding hydrogens is 1150 g/mol. The summed E-state index contributed by atoms with van der Waals surface area (Å²) in [6.07, 6.45) is 7.13. The third-order valence-electron chi connectivity index (χ3n) is 14.9. The van der Waals surface area contributed by atoms with Crippen molar-refractivity contribution in [2.45, 2.75) is 37.3 Å². The van der Waals surface area contributed by atoms with Gasteiger partial charge in [-0.05, 0) is 57.7 Å². The molecule has 9 aromatic rings. The average molecular weight is 1190 g/mol. The van der Waals surface area contributed by atoms with Crippen LogP contribution in [0.4, 0.5) is 0 Å². The largest absolute Gasteiger partial charge is 0.459 e. The lowest BCUT2D eigenvalue weighted by molar-refractivity contribution is -0.166. The van der Waals surface area contributed by atoms with Gasteiger partial charge in [-0.1, -0.05) is 219 Å². The van der Waals surface area contributed by atoms with E-state index in [0.29, 0.717) is 83.1 Å². The SMILES string of the molecule is O=C(OCc1ccccc1)C1(C(=O)OCc2ccccc2)C(C=C2C(=S)c3ccccc3C2=S)=Cc2sc3c(sc4c5c(sc43)C=C(C=C3C(=S)c4ccccc4C3=S)C5(C(=O)OCc3ccccc3)C(=O)OCc3ccccc3)c21. The first-order valence-corrected chi connectivity index (χ1v) is 29.7. The quantitative estimate of drug-likeness (QED) is 0.0340. The first-order valence-electron chi connectivity index (χ1n) is 25.6. The fourth-order valence-electron chi connectivity index (χ4n) is 11.0. The van der Waals surface area contributed by atoms with Gasteiger partial charge in [0, 0.05) is 54.3 Å². The predicted molar refractivity (Wildman–Crippen MR) is 335 cm³/mol. The molecular formula is C66H40O8S7. The van der Waals surface area contributed by atoms with Crippen molar-refractivity contribution in [3.63, 3.8) is 0 Å². The van der Waals surface area contributed by atoms with Gasteiger partial charge in [-0.25, -0.2) is 0 Å². The summed E-state index contributed by atoms with van der Waals surface area (Å²) in [4.78, 5) is 66.3. The van der Waals surface area contributed by atoms with Gasteiger partial charge in [0.1, 0.15) is 26.4 Å². The van der Waals surface area contributed by atoms with Crippen LogP contribution in [0.3, 0.4) is 0 Å². The predicted octanol–water partition coefficient (Wildman–Crippen LogP) is 14.6. The van der Waals surface area contributed by atoms with Crippen LogP contribution in [0, 0.1) is 0 Å². The van der Waals surface area contributed by atoms with Crippen molar-refractivity contribution in [2.24, 2.45) is 0 Å². The van der Waals surface area contributed by atoms with Crippen LogP contribution >= 0.6 is 82.9 Å². The molecule has 394 valence electrons. The Morgan fingerprint density at radius 2 is 0.617 bits per heavy atom. The molecule has 0 bridgehead atoms. The fourth-order valence-corrected chi connectivity index (χ4v) is 17.1. The van der Waals surface area contributed by atoms with Crippen LogP contribution in [0.2, 0.25) is 0 Å². The summed E-state index contributed by atoms with van der Waals surface area (Å²) in [6, 6.07) is 52.1. The van der Waals surface area contributed by atoms with Crippen LogP contribution in [0.15, 0.2) is 204 Å². The maximum Gasteiger partial charge on any atom is 0.333 e. The second-order valence-corrected chi connectivity index (χ2v) is 24.3. The zero-order chi connectivity index (χ0) is 55.6. The third-order valence-corrected chi connectivity index (χ3v) is 20.5. The number of carbonyl (C=O) groups is 4. The van der Waals surface area contributed by atoms with Crippen LogP contribution in [-0.2, 0) is 75.4 Å². The zero-order valence-corrected chi connectivity index (χ0v) is 48.1. The molecule has 13 rings (SSSR count). The molecule has 0 saturated carbocycles. The van der Waals surface area contributed by atoms with Gasteiger partial charge < -0.3 is 18.9 Å². The summed E-state index contributed by atoms with van der Waals surface area (Å²) in [5.41, 5.74) is 3.64. The molecule has 3 heterocycles. The molecule has 0 saturated heterocycles. The van der Waals surface area contributed by atoms with Gasteiger partial charge >= 0.3 is 23.9 Å². The van der Waals surface area contributed by atoms with Crippen LogP contribution < -0.4 is 0 Å². The van der Waals surface area contributed by atoms with Crippen molar-refractivity contribution in [1.29, 1.82) is 0 Å². The van der Waals surface area contributed by atoms with Crippen LogP contribution in [-0.4, -0.2) is 43.3 Å². The van der Waals surface area contributed by atoms with Crippen LogP contribution in [0.1, 0.15) is 65.4 Å². The molecule has 0 unspecified atom stereocenters. The lowest BCUT2D eigenvalue weighted by atomic mass is 9.76. The molecule has 15 heteroatoms. The molecule has 8 nitrogen and oxygen atoms in total. The molecule has 0 radical (unpaired) electrons. The minimum atomic E-state index is -2.24. The standard InChI is InChI=1S/C66H40O8S7/c67-61(71-33-37-17-5-1-6-18-37)65(62(68)72-34-38-19-7-2-8-20-38)41(29-47-53(75)43-25-13-14-26-44(43)54(47)76)31-49-51(65)57-59(79-49)60-58(81-57)52-50(80-60)32-42(30-48-55(77)45-27-15-16-28-46(45)56(48)78)66(52,63(69)73-35-39-21-9-3-10-22-39)64(70)74-36-40-23-11-4-12-24-40/h1-32H,33-36H2. The van der Waals surface area contributed by atoms with E-state index in [4.69, 9.17) is 67.8 Å². The number of benzene rings is 6. The molecule has 0 N–H and O–H groups in total. The lowest BCUT2D eigenvalue weighted by Crippen LogP contribution is -2.46. The van der Waals surface area contributed by atoms with Crippen molar-refractivity contribution in [2.75, 3.05) is 0 Å². The molecule has 6 aromatic carbocycles. The molecule has 0 spiro atoms. The second-order valence-electron chi connectivity index (χ2n) is 19.6. The molecule has 0 aliphatic heterocycles. The van der Waals surface area contributed by atoms with E-state index in [9.17, 15) is 0 Å². The van der Waals surface area contributed by atoms with Gasteiger partial charge in [-0.2, -0.15) is 0 Å². The highest BCUT2D eigenvalue weighted by Crippen LogP contribution is 2.61. The Morgan fingerprint density at radius 1 is 0.358 bits per heavy atom. The Labute approximate surface area is 498 Å². The second kappa shape index (κ2) is 21.2. The molecule has 0 amide bonds. The van der Waals surface area contributed by atoms with Crippen molar-refractivity contribution >= 4 is 157 Å². The smallest absolute Gasteiger partial charge is 0.333 e. The lowest BCUT2D eigenvalue weighted by Gasteiger charge is -2.29. The molecule has 81 heavy (non-hydrogen) atoms. The van der Waals surface area contributed by atoms with Crippen LogP contribution in [0.25, 0.3) is 31.0 Å². The van der Waals surface area contributed by atoms with E-state index in [0.717, 1.165) is 31.7 Å². The van der Waals surface area contributed by atoms with E-state index in [1.54, 1.807) is 12.2 Å². The number of carbonyl (C=O) groups excluding carboxylic acids is 4. The monoisotopic (exact) mass is 1180 g/mol. The highest BCUT2D eigenvalue weighted by Gasteiger charge is 2.61. The van der Waals surface area contributed by atoms with E-state index < -0.39 is 34.7 Å². The number of fused-ring (bicyclic) bond motifs is 9. The van der Waals surface area contributed by atoms with Crippen molar-refractivity contribution in [3.8, 4) is 0 Å². The number of rotatable bonds is 14. The molecule has 4 aliphatic carbocycles. The Kier molecular flexibility index (Phi) is 13.8. The van der Waals surface area contributed by atoms with Crippen molar-refractivity contribution < 1.29 is 38.1 Å². The summed E-state index contributed by atoms with van der Waals surface area (Å²) < 4.78 is 27.9. The van der Waals surface area contributed by atoms with Crippen molar-refractivity contribution in [1.82, 2.24) is 0 Å². The molecule has 0 fully saturated rings. The number of hydrogen-bond donors (Lipinski definition) is 0. The number of esters is 4. The minimum absolute atomic E-state index is 0.157. The first kappa shape index (κ1) is 52.5. The summed E-state index contributed by atoms with van der Waals surface area (Å²) in [5, 5.41) is 0. The Hall–Kier alpha value is -7.86. The number of thiophene rings is 3. The van der Waals surface area contributed by atoms with E-state index in [-0.39, 0.29) is 37.6 Å². The minimum Gasteiger partial charge on any atom is -0.459 e. The molecule has 4 aliphatic rings. The highest BCUT2D eigenvalue weighted by molar-refractivity contribution is 7.84. The highest BCUT2D eigenvalue weighted by atomic mass is 32.1. The Balaban J connectivity index is 1.03. The van der Waals surface area contributed by atoms with Gasteiger partial charge in [0.2, 0.25) is 10.8 Å². The Morgan fingerprint density at radius 3 is 0.889 bits per heavy atom. The summed E-state index contributed by atoms with van der Waals surface area (Å²) in [7, 11) is 0. The third kappa shape index (κ3) is 8.69. The van der Waals surface area contributed by atoms with E-state index in [2.05, 4.69) is 0 Å². The van der Waals surface area contributed by atoms with Crippen molar-refractivity contribution in [3.05, 3.63) is 270 Å². The van der Waals surface area contributed by atoms with Crippen LogP contribution in [0.5, 0.6) is 0 Å². The summed E-state index contributed by atoms with van der Waals surface area (Å²) >= 11 is 28.4. The van der Waals surface area contributed by atoms with Gasteiger partial charge in [-0.3, -0.25) is 19.2 Å². The number of allylic oxidation sites excluding steroid dienone is 4. The molecule has 0 atom stereocenters. The zero-order valence-electron chi connectivity index (χ0n) is 42.4. The maximum absolute atomic E-state index is 15.8.